The Balaban J connectivity index is 1.59. The van der Waals surface area contributed by atoms with Crippen LogP contribution in [0.3, 0.4) is 0 Å². The molecule has 2 nitrogen and oxygen atoms in total. The molecule has 0 spiro atoms. The van der Waals surface area contributed by atoms with Crippen LogP contribution >= 0.6 is 15.9 Å². The first kappa shape index (κ1) is 10.6. The topological polar surface area (TPSA) is 25.2 Å². The molecule has 2 bridgehead atoms. The summed E-state index contributed by atoms with van der Waals surface area (Å²) in [5.41, 5.74) is 0. The quantitative estimate of drug-likeness (QED) is 0.922. The highest BCUT2D eigenvalue weighted by atomic mass is 79.9. The van der Waals surface area contributed by atoms with Crippen LogP contribution in [0.2, 0.25) is 0 Å². The van der Waals surface area contributed by atoms with Gasteiger partial charge in [-0.3, -0.25) is 0 Å². The molecular formula is C14H18BrNO. The van der Waals surface area contributed by atoms with Crippen molar-refractivity contribution in [3.63, 3.8) is 0 Å². The highest BCUT2D eigenvalue weighted by molar-refractivity contribution is 9.10. The first-order valence-corrected chi connectivity index (χ1v) is 7.51. The van der Waals surface area contributed by atoms with Crippen molar-refractivity contribution in [1.82, 2.24) is 5.32 Å². The molecule has 17 heavy (non-hydrogen) atoms. The van der Waals surface area contributed by atoms with Gasteiger partial charge in [0.1, 0.15) is 5.76 Å². The van der Waals surface area contributed by atoms with Crippen molar-refractivity contribution in [2.24, 2.45) is 29.6 Å². The average Bonchev–Trinajstić information content (AvgIpc) is 2.73. The van der Waals surface area contributed by atoms with Crippen molar-refractivity contribution in [3.8, 4) is 0 Å². The second-order valence-electron chi connectivity index (χ2n) is 5.97. The summed E-state index contributed by atoms with van der Waals surface area (Å²) in [6, 6.07) is 4.55. The zero-order chi connectivity index (χ0) is 11.6. The lowest BCUT2D eigenvalue weighted by Gasteiger charge is -2.17. The molecule has 1 heterocycles. The van der Waals surface area contributed by atoms with Crippen LogP contribution in [0.25, 0.3) is 0 Å². The highest BCUT2D eigenvalue weighted by Gasteiger charge is 2.67. The summed E-state index contributed by atoms with van der Waals surface area (Å²) in [4.78, 5) is 0. The molecule has 1 N–H and O–H groups in total. The zero-order valence-corrected chi connectivity index (χ0v) is 11.6. The number of fused-ring (bicyclic) bond motifs is 5. The lowest BCUT2D eigenvalue weighted by Crippen LogP contribution is -2.21. The van der Waals surface area contributed by atoms with E-state index in [0.717, 1.165) is 40.0 Å². The smallest absolute Gasteiger partial charge is 0.169 e. The number of halogens is 1. The highest BCUT2D eigenvalue weighted by Crippen LogP contribution is 2.72. The van der Waals surface area contributed by atoms with Gasteiger partial charge in [0.2, 0.25) is 0 Å². The van der Waals surface area contributed by atoms with E-state index in [4.69, 9.17) is 4.42 Å². The molecule has 0 radical (unpaired) electrons. The lowest BCUT2D eigenvalue weighted by atomic mass is 9.96. The number of nitrogens with one attached hydrogen (secondary N) is 1. The summed E-state index contributed by atoms with van der Waals surface area (Å²) in [7, 11) is 2.07. The van der Waals surface area contributed by atoms with Crippen LogP contribution in [-0.4, -0.2) is 7.05 Å². The Morgan fingerprint density at radius 1 is 1.29 bits per heavy atom. The summed E-state index contributed by atoms with van der Waals surface area (Å²) in [6.07, 6.45) is 4.49. The Hall–Kier alpha value is -0.280. The van der Waals surface area contributed by atoms with E-state index in [1.807, 2.05) is 6.07 Å². The van der Waals surface area contributed by atoms with E-state index in [-0.39, 0.29) is 0 Å². The average molecular weight is 296 g/mol. The predicted molar refractivity (Wildman–Crippen MR) is 69.5 cm³/mol. The van der Waals surface area contributed by atoms with E-state index < -0.39 is 0 Å². The van der Waals surface area contributed by atoms with Gasteiger partial charge < -0.3 is 9.73 Å². The van der Waals surface area contributed by atoms with Gasteiger partial charge in [-0.05, 0) is 84.0 Å². The van der Waals surface area contributed by atoms with Crippen LogP contribution in [0.4, 0.5) is 0 Å². The fourth-order valence-electron chi connectivity index (χ4n) is 4.86. The first-order chi connectivity index (χ1) is 8.29. The predicted octanol–water partition coefficient (Wildman–Crippen LogP) is 3.59. The molecular weight excluding hydrogens is 278 g/mol. The number of hydrogen-bond donors (Lipinski definition) is 1. The molecule has 0 amide bonds. The van der Waals surface area contributed by atoms with Crippen LogP contribution in [0.1, 0.15) is 31.1 Å². The van der Waals surface area contributed by atoms with Crippen LogP contribution in [0, 0.1) is 29.6 Å². The minimum atomic E-state index is 0.430. The summed E-state index contributed by atoms with van der Waals surface area (Å²) in [6.45, 7) is 0. The van der Waals surface area contributed by atoms with Crippen LogP contribution < -0.4 is 5.32 Å². The van der Waals surface area contributed by atoms with Crippen molar-refractivity contribution in [2.75, 3.05) is 7.05 Å². The van der Waals surface area contributed by atoms with Gasteiger partial charge in [-0.15, -0.1) is 0 Å². The molecule has 5 unspecified atom stereocenters. The van der Waals surface area contributed by atoms with E-state index in [1.54, 1.807) is 0 Å². The molecule has 0 aromatic carbocycles. The Morgan fingerprint density at radius 3 is 2.53 bits per heavy atom. The maximum absolute atomic E-state index is 5.75. The summed E-state index contributed by atoms with van der Waals surface area (Å²) < 4.78 is 6.60. The van der Waals surface area contributed by atoms with Crippen molar-refractivity contribution < 1.29 is 4.42 Å². The van der Waals surface area contributed by atoms with E-state index in [2.05, 4.69) is 34.4 Å². The van der Waals surface area contributed by atoms with Gasteiger partial charge in [-0.1, -0.05) is 0 Å². The third-order valence-corrected chi connectivity index (χ3v) is 5.82. The van der Waals surface area contributed by atoms with Crippen molar-refractivity contribution >= 4 is 15.9 Å². The molecule has 1 aromatic rings. The minimum Gasteiger partial charge on any atom is -0.453 e. The largest absolute Gasteiger partial charge is 0.453 e. The van der Waals surface area contributed by atoms with Gasteiger partial charge >= 0.3 is 0 Å². The molecule has 5 atom stereocenters. The van der Waals surface area contributed by atoms with Crippen LogP contribution in [0.5, 0.6) is 0 Å². The van der Waals surface area contributed by atoms with Crippen LogP contribution in [-0.2, 0) is 0 Å². The van der Waals surface area contributed by atoms with Gasteiger partial charge in [0.05, 0.1) is 6.04 Å². The van der Waals surface area contributed by atoms with E-state index >= 15 is 0 Å². The number of rotatable bonds is 3. The van der Waals surface area contributed by atoms with Crippen molar-refractivity contribution in [2.45, 2.75) is 25.3 Å². The molecule has 3 aliphatic carbocycles. The third kappa shape index (κ3) is 1.42. The van der Waals surface area contributed by atoms with E-state index in [0.29, 0.717) is 6.04 Å². The summed E-state index contributed by atoms with van der Waals surface area (Å²) >= 11 is 3.40. The Bertz CT molecular complexity index is 427. The SMILES string of the molecule is CNC(c1ccc(Br)o1)C1C2C3CCC(C3)C21. The van der Waals surface area contributed by atoms with Gasteiger partial charge in [0.15, 0.2) is 4.67 Å². The Kier molecular flexibility index (Phi) is 2.26. The maximum atomic E-state index is 5.75. The fourth-order valence-corrected chi connectivity index (χ4v) is 5.18. The molecule has 3 fully saturated rings. The molecule has 0 aliphatic heterocycles. The first-order valence-electron chi connectivity index (χ1n) is 6.72. The van der Waals surface area contributed by atoms with Gasteiger partial charge in [-0.2, -0.15) is 0 Å². The fraction of sp³-hybridized carbons (Fsp3) is 0.714. The van der Waals surface area contributed by atoms with Gasteiger partial charge in [0.25, 0.3) is 0 Å². The van der Waals surface area contributed by atoms with Gasteiger partial charge in [-0.25, -0.2) is 0 Å². The Labute approximate surface area is 110 Å². The summed E-state index contributed by atoms with van der Waals surface area (Å²) in [5.74, 6) is 6.00. The molecule has 3 aliphatic rings. The van der Waals surface area contributed by atoms with Crippen LogP contribution in [0.15, 0.2) is 21.2 Å². The van der Waals surface area contributed by atoms with Crippen molar-refractivity contribution in [3.05, 3.63) is 22.6 Å². The second kappa shape index (κ2) is 3.61. The third-order valence-electron chi connectivity index (χ3n) is 5.39. The number of hydrogen-bond acceptors (Lipinski definition) is 2. The minimum absolute atomic E-state index is 0.430. The number of furan rings is 1. The molecule has 0 saturated heterocycles. The lowest BCUT2D eigenvalue weighted by molar-refractivity contribution is 0.333. The standard InChI is InChI=1S/C14H18BrNO/c1-16-14(9-4-5-10(15)17-9)13-11-7-2-3-8(6-7)12(11)13/h4-5,7-8,11-14,16H,2-3,6H2,1H3. The van der Waals surface area contributed by atoms with Crippen molar-refractivity contribution in [1.29, 1.82) is 0 Å². The molecule has 4 rings (SSSR count). The monoisotopic (exact) mass is 295 g/mol. The zero-order valence-electron chi connectivity index (χ0n) is 10.0. The molecule has 1 aromatic heterocycles. The second-order valence-corrected chi connectivity index (χ2v) is 6.76. The van der Waals surface area contributed by atoms with Gasteiger partial charge in [0, 0.05) is 0 Å². The maximum Gasteiger partial charge on any atom is 0.169 e. The molecule has 3 saturated carbocycles. The van der Waals surface area contributed by atoms with E-state index in [9.17, 15) is 0 Å². The summed E-state index contributed by atoms with van der Waals surface area (Å²) in [5, 5.41) is 3.48. The Morgan fingerprint density at radius 2 is 2.00 bits per heavy atom. The van der Waals surface area contributed by atoms with E-state index in [1.165, 1.54) is 19.3 Å². The molecule has 3 heteroatoms. The normalized spacial score (nSPS) is 43.8. The molecule has 92 valence electrons.